The van der Waals surface area contributed by atoms with Crippen LogP contribution in [0, 0.1) is 5.92 Å². The Morgan fingerprint density at radius 3 is 2.70 bits per heavy atom. The molecule has 0 aromatic heterocycles. The number of nitrogens with zero attached hydrogens (tertiary/aromatic N) is 1. The van der Waals surface area contributed by atoms with Crippen molar-refractivity contribution in [1.82, 2.24) is 15.5 Å². The zero-order chi connectivity index (χ0) is 15.0. The topological polar surface area (TPSA) is 81.7 Å². The van der Waals surface area contributed by atoms with Crippen LogP contribution in [0.1, 0.15) is 39.5 Å². The average molecular weight is 285 g/mol. The Morgan fingerprint density at radius 1 is 1.40 bits per heavy atom. The summed E-state index contributed by atoms with van der Waals surface area (Å²) in [5.41, 5.74) is 0. The molecular weight excluding hydrogens is 258 g/mol. The van der Waals surface area contributed by atoms with Crippen LogP contribution in [0.3, 0.4) is 0 Å². The molecule has 0 saturated carbocycles. The molecule has 3 N–H and O–H groups in total. The van der Waals surface area contributed by atoms with Gasteiger partial charge in [-0.25, -0.2) is 4.79 Å². The van der Waals surface area contributed by atoms with Crippen LogP contribution in [0.2, 0.25) is 0 Å². The van der Waals surface area contributed by atoms with Gasteiger partial charge in [0.2, 0.25) is 0 Å². The Morgan fingerprint density at radius 2 is 2.15 bits per heavy atom. The van der Waals surface area contributed by atoms with E-state index in [0.717, 1.165) is 32.5 Å². The highest BCUT2D eigenvalue weighted by Gasteiger charge is 2.22. The third kappa shape index (κ3) is 6.23. The first-order valence-electron chi connectivity index (χ1n) is 7.53. The normalized spacial score (nSPS) is 20.6. The third-order valence-electron chi connectivity index (χ3n) is 3.76. The fourth-order valence-corrected chi connectivity index (χ4v) is 2.62. The van der Waals surface area contributed by atoms with Crippen LogP contribution >= 0.6 is 0 Å². The predicted molar refractivity (Wildman–Crippen MR) is 77.7 cm³/mol. The lowest BCUT2D eigenvalue weighted by molar-refractivity contribution is -0.137. The molecule has 6 heteroatoms. The lowest BCUT2D eigenvalue weighted by Crippen LogP contribution is -2.44. The number of hydrogen-bond acceptors (Lipinski definition) is 3. The maximum absolute atomic E-state index is 11.8. The monoisotopic (exact) mass is 285 g/mol. The van der Waals surface area contributed by atoms with E-state index in [1.54, 1.807) is 0 Å². The van der Waals surface area contributed by atoms with Gasteiger partial charge in [-0.15, -0.1) is 0 Å². The van der Waals surface area contributed by atoms with E-state index in [9.17, 15) is 9.59 Å². The highest BCUT2D eigenvalue weighted by atomic mass is 16.4. The lowest BCUT2D eigenvalue weighted by atomic mass is 10.1. The highest BCUT2D eigenvalue weighted by molar-refractivity contribution is 5.75. The van der Waals surface area contributed by atoms with Gasteiger partial charge in [-0.1, -0.05) is 20.3 Å². The van der Waals surface area contributed by atoms with Crippen molar-refractivity contribution in [3.05, 3.63) is 0 Å². The summed E-state index contributed by atoms with van der Waals surface area (Å²) in [6, 6.07) is -0.534. The fraction of sp³-hybridized carbons (Fsp3) is 0.857. The number of likely N-dealkylation sites (tertiary alicyclic amines) is 1. The largest absolute Gasteiger partial charge is 0.481 e. The number of carbonyl (C=O) groups excluding carboxylic acids is 1. The Balaban J connectivity index is 2.25. The first-order chi connectivity index (χ1) is 9.55. The molecule has 1 aliphatic rings. The summed E-state index contributed by atoms with van der Waals surface area (Å²) < 4.78 is 0. The van der Waals surface area contributed by atoms with Crippen LogP contribution < -0.4 is 10.6 Å². The lowest BCUT2D eigenvalue weighted by Gasteiger charge is -2.18. The molecule has 0 aromatic rings. The molecule has 6 nitrogen and oxygen atoms in total. The van der Waals surface area contributed by atoms with Crippen LogP contribution in [-0.2, 0) is 4.79 Å². The minimum Gasteiger partial charge on any atom is -0.481 e. The van der Waals surface area contributed by atoms with E-state index in [2.05, 4.69) is 22.5 Å². The van der Waals surface area contributed by atoms with Crippen molar-refractivity contribution < 1.29 is 14.7 Å². The van der Waals surface area contributed by atoms with E-state index < -0.39 is 5.97 Å². The van der Waals surface area contributed by atoms with Crippen molar-refractivity contribution in [2.45, 2.75) is 45.6 Å². The maximum atomic E-state index is 11.8. The summed E-state index contributed by atoms with van der Waals surface area (Å²) in [5, 5.41) is 14.4. The van der Waals surface area contributed by atoms with Gasteiger partial charge in [-0.05, 0) is 31.8 Å². The van der Waals surface area contributed by atoms with E-state index >= 15 is 0 Å². The maximum Gasteiger partial charge on any atom is 0.315 e. The first kappa shape index (κ1) is 16.8. The van der Waals surface area contributed by atoms with Gasteiger partial charge in [0.15, 0.2) is 0 Å². The summed E-state index contributed by atoms with van der Waals surface area (Å²) in [7, 11) is 0. The number of nitrogens with one attached hydrogen (secondary N) is 2. The van der Waals surface area contributed by atoms with E-state index in [1.807, 2.05) is 6.92 Å². The summed E-state index contributed by atoms with van der Waals surface area (Å²) in [4.78, 5) is 24.9. The third-order valence-corrected chi connectivity index (χ3v) is 3.76. The molecule has 2 amide bonds. The molecule has 1 aliphatic heterocycles. The number of carboxylic acid groups (broad SMARTS) is 1. The number of urea groups is 1. The number of amides is 2. The Kier molecular flexibility index (Phi) is 7.36. The second-order valence-corrected chi connectivity index (χ2v) is 5.49. The number of hydrogen-bond donors (Lipinski definition) is 3. The summed E-state index contributed by atoms with van der Waals surface area (Å²) >= 11 is 0. The van der Waals surface area contributed by atoms with Gasteiger partial charge in [0.05, 0.1) is 6.42 Å². The van der Waals surface area contributed by atoms with Crippen molar-refractivity contribution in [1.29, 1.82) is 0 Å². The Hall–Kier alpha value is -1.30. The second kappa shape index (κ2) is 8.79. The quantitative estimate of drug-likeness (QED) is 0.627. The zero-order valence-electron chi connectivity index (χ0n) is 12.5. The molecule has 1 heterocycles. The SMILES string of the molecule is CCCC(CC(=O)O)NC(=O)NCC1CCN(CC)C1. The number of aliphatic carboxylic acids is 1. The summed E-state index contributed by atoms with van der Waals surface area (Å²) in [6.45, 7) is 7.97. The van der Waals surface area contributed by atoms with E-state index in [-0.39, 0.29) is 18.5 Å². The van der Waals surface area contributed by atoms with Gasteiger partial charge in [-0.2, -0.15) is 0 Å². The number of rotatable bonds is 8. The van der Waals surface area contributed by atoms with Gasteiger partial charge in [0, 0.05) is 19.1 Å². The zero-order valence-corrected chi connectivity index (χ0v) is 12.5. The summed E-state index contributed by atoms with van der Waals surface area (Å²) in [6.07, 6.45) is 2.63. The van der Waals surface area contributed by atoms with Crippen LogP contribution in [-0.4, -0.2) is 54.2 Å². The smallest absolute Gasteiger partial charge is 0.315 e. The van der Waals surface area contributed by atoms with Gasteiger partial charge < -0.3 is 20.6 Å². The first-order valence-corrected chi connectivity index (χ1v) is 7.53. The average Bonchev–Trinajstić information content (AvgIpc) is 2.84. The van der Waals surface area contributed by atoms with Crippen molar-refractivity contribution in [2.75, 3.05) is 26.2 Å². The van der Waals surface area contributed by atoms with Gasteiger partial charge in [0.1, 0.15) is 0 Å². The van der Waals surface area contributed by atoms with E-state index in [4.69, 9.17) is 5.11 Å². The second-order valence-electron chi connectivity index (χ2n) is 5.49. The molecule has 0 spiro atoms. The molecule has 0 aliphatic carbocycles. The Labute approximate surface area is 120 Å². The molecule has 1 rings (SSSR count). The minimum atomic E-state index is -0.877. The molecule has 20 heavy (non-hydrogen) atoms. The standard InChI is InChI=1S/C14H27N3O3/c1-3-5-12(8-13(18)19)16-14(20)15-9-11-6-7-17(4-2)10-11/h11-12H,3-10H2,1-2H3,(H,18,19)(H2,15,16,20). The van der Waals surface area contributed by atoms with Crippen molar-refractivity contribution in [3.63, 3.8) is 0 Å². The van der Waals surface area contributed by atoms with Crippen LogP contribution in [0.15, 0.2) is 0 Å². The molecular formula is C14H27N3O3. The predicted octanol–water partition coefficient (Wildman–Crippen LogP) is 1.27. The number of carboxylic acids is 1. The van der Waals surface area contributed by atoms with Crippen LogP contribution in [0.5, 0.6) is 0 Å². The van der Waals surface area contributed by atoms with Crippen molar-refractivity contribution >= 4 is 12.0 Å². The van der Waals surface area contributed by atoms with Crippen LogP contribution in [0.4, 0.5) is 4.79 Å². The van der Waals surface area contributed by atoms with E-state index in [0.29, 0.717) is 18.9 Å². The molecule has 116 valence electrons. The molecule has 0 radical (unpaired) electrons. The van der Waals surface area contributed by atoms with Crippen molar-refractivity contribution in [3.8, 4) is 0 Å². The molecule has 0 bridgehead atoms. The molecule has 0 aromatic carbocycles. The number of carbonyl (C=O) groups is 2. The van der Waals surface area contributed by atoms with Gasteiger partial charge in [-0.3, -0.25) is 4.79 Å². The summed E-state index contributed by atoms with van der Waals surface area (Å²) in [5.74, 6) is -0.372. The van der Waals surface area contributed by atoms with Crippen molar-refractivity contribution in [2.24, 2.45) is 5.92 Å². The highest BCUT2D eigenvalue weighted by Crippen LogP contribution is 2.14. The van der Waals surface area contributed by atoms with Gasteiger partial charge in [0.25, 0.3) is 0 Å². The minimum absolute atomic E-state index is 0.0195. The Bertz CT molecular complexity index is 323. The molecule has 2 unspecified atom stereocenters. The van der Waals surface area contributed by atoms with Gasteiger partial charge >= 0.3 is 12.0 Å². The molecule has 1 fully saturated rings. The molecule has 1 saturated heterocycles. The molecule has 2 atom stereocenters. The van der Waals surface area contributed by atoms with Crippen LogP contribution in [0.25, 0.3) is 0 Å². The fourth-order valence-electron chi connectivity index (χ4n) is 2.62. The van der Waals surface area contributed by atoms with E-state index in [1.165, 1.54) is 0 Å².